The Balaban J connectivity index is 2.38. The standard InChI is InChI=1S/C24H27NO9/c1-14(26)34-24(2,23(28)29)18-11-15(7-9-19(18)31-4)25-22(27)10-8-17-20(32-5)12-16(30-3)13-21(17)33-6/h7-13H,1-6H3,(H,25,27)(H,28,29)/b10-8+. The van der Waals surface area contributed by atoms with Crippen LogP contribution in [-0.4, -0.2) is 51.4 Å². The number of nitrogens with one attached hydrogen (secondary N) is 1. The number of carboxylic acid groups (broad SMARTS) is 1. The van der Waals surface area contributed by atoms with Gasteiger partial charge in [0.2, 0.25) is 11.5 Å². The van der Waals surface area contributed by atoms with Crippen molar-refractivity contribution in [2.45, 2.75) is 19.4 Å². The Labute approximate surface area is 197 Å². The van der Waals surface area contributed by atoms with Crippen LogP contribution in [0.4, 0.5) is 5.69 Å². The quantitative estimate of drug-likeness (QED) is 0.394. The van der Waals surface area contributed by atoms with Crippen molar-refractivity contribution < 1.29 is 43.2 Å². The first-order valence-electron chi connectivity index (χ1n) is 10.00. The van der Waals surface area contributed by atoms with E-state index in [1.807, 2.05) is 0 Å². The Kier molecular flexibility index (Phi) is 8.49. The molecule has 2 aromatic rings. The smallest absolute Gasteiger partial charge is 0.352 e. The van der Waals surface area contributed by atoms with Gasteiger partial charge in [0, 0.05) is 30.8 Å². The molecule has 10 nitrogen and oxygen atoms in total. The average Bonchev–Trinajstić information content (AvgIpc) is 2.81. The zero-order valence-electron chi connectivity index (χ0n) is 19.8. The number of carbonyl (C=O) groups excluding carboxylic acids is 2. The highest BCUT2D eigenvalue weighted by Gasteiger charge is 2.41. The number of benzene rings is 2. The molecule has 0 aromatic heterocycles. The fraction of sp³-hybridized carbons (Fsp3) is 0.292. The third-order valence-electron chi connectivity index (χ3n) is 4.89. The maximum atomic E-state index is 12.6. The summed E-state index contributed by atoms with van der Waals surface area (Å²) in [6.07, 6.45) is 2.77. The minimum atomic E-state index is -2.03. The van der Waals surface area contributed by atoms with Crippen molar-refractivity contribution >= 4 is 29.6 Å². The van der Waals surface area contributed by atoms with E-state index in [9.17, 15) is 19.5 Å². The van der Waals surface area contributed by atoms with Crippen LogP contribution >= 0.6 is 0 Å². The largest absolute Gasteiger partial charge is 0.496 e. The molecule has 10 heteroatoms. The molecule has 0 saturated heterocycles. The van der Waals surface area contributed by atoms with Crippen molar-refractivity contribution in [3.8, 4) is 23.0 Å². The SMILES string of the molecule is COc1cc(OC)c(/C=C/C(=O)Nc2ccc(OC)c(C(C)(OC(C)=O)C(=O)O)c2)c(OC)c1. The van der Waals surface area contributed by atoms with Gasteiger partial charge in [-0.2, -0.15) is 0 Å². The summed E-state index contributed by atoms with van der Waals surface area (Å²) in [5.74, 6) is -1.13. The van der Waals surface area contributed by atoms with E-state index < -0.39 is 23.4 Å². The molecule has 1 atom stereocenters. The summed E-state index contributed by atoms with van der Waals surface area (Å²) < 4.78 is 26.2. The molecule has 0 fully saturated rings. The van der Waals surface area contributed by atoms with Gasteiger partial charge in [0.15, 0.2) is 0 Å². The number of ether oxygens (including phenoxy) is 5. The summed E-state index contributed by atoms with van der Waals surface area (Å²) in [6.45, 7) is 2.33. The zero-order chi connectivity index (χ0) is 25.5. The summed E-state index contributed by atoms with van der Waals surface area (Å²) in [5.41, 5.74) is -1.20. The Morgan fingerprint density at radius 1 is 0.912 bits per heavy atom. The lowest BCUT2D eigenvalue weighted by atomic mass is 9.94. The molecule has 0 aliphatic rings. The zero-order valence-corrected chi connectivity index (χ0v) is 19.8. The minimum absolute atomic E-state index is 0.0537. The molecule has 2 rings (SSSR count). The molecule has 2 aromatic carbocycles. The number of esters is 1. The van der Waals surface area contributed by atoms with E-state index in [4.69, 9.17) is 23.7 Å². The first-order chi connectivity index (χ1) is 16.1. The predicted molar refractivity (Wildman–Crippen MR) is 124 cm³/mol. The monoisotopic (exact) mass is 473 g/mol. The molecule has 0 radical (unpaired) electrons. The van der Waals surface area contributed by atoms with Gasteiger partial charge in [0.1, 0.15) is 23.0 Å². The summed E-state index contributed by atoms with van der Waals surface area (Å²) in [4.78, 5) is 36.0. The maximum absolute atomic E-state index is 12.6. The number of carbonyl (C=O) groups is 3. The second-order valence-corrected chi connectivity index (χ2v) is 7.12. The number of hydrogen-bond acceptors (Lipinski definition) is 8. The van der Waals surface area contributed by atoms with E-state index in [-0.39, 0.29) is 17.0 Å². The van der Waals surface area contributed by atoms with Crippen molar-refractivity contribution in [2.75, 3.05) is 33.8 Å². The van der Waals surface area contributed by atoms with Gasteiger partial charge >= 0.3 is 11.9 Å². The summed E-state index contributed by atoms with van der Waals surface area (Å²) in [6, 6.07) is 7.67. The number of rotatable bonds is 10. The Morgan fingerprint density at radius 3 is 1.97 bits per heavy atom. The van der Waals surface area contributed by atoms with Crippen LogP contribution in [0.15, 0.2) is 36.4 Å². The highest BCUT2D eigenvalue weighted by molar-refractivity contribution is 6.02. The molecule has 0 heterocycles. The van der Waals surface area contributed by atoms with E-state index in [0.29, 0.717) is 22.8 Å². The number of hydrogen-bond donors (Lipinski definition) is 2. The molecule has 0 bridgehead atoms. The molecule has 1 amide bonds. The van der Waals surface area contributed by atoms with Crippen LogP contribution in [0, 0.1) is 0 Å². The van der Waals surface area contributed by atoms with Crippen LogP contribution in [0.2, 0.25) is 0 Å². The summed E-state index contributed by atoms with van der Waals surface area (Å²) in [5, 5.41) is 12.4. The van der Waals surface area contributed by atoms with Gasteiger partial charge in [-0.1, -0.05) is 0 Å². The van der Waals surface area contributed by atoms with Crippen molar-refractivity contribution in [2.24, 2.45) is 0 Å². The first-order valence-corrected chi connectivity index (χ1v) is 10.00. The van der Waals surface area contributed by atoms with Gasteiger partial charge in [-0.15, -0.1) is 0 Å². The third-order valence-corrected chi connectivity index (χ3v) is 4.89. The lowest BCUT2D eigenvalue weighted by molar-refractivity contribution is -0.176. The summed E-state index contributed by atoms with van der Waals surface area (Å²) >= 11 is 0. The maximum Gasteiger partial charge on any atom is 0.352 e. The van der Waals surface area contributed by atoms with Crippen LogP contribution in [0.3, 0.4) is 0 Å². The van der Waals surface area contributed by atoms with E-state index >= 15 is 0 Å². The van der Waals surface area contributed by atoms with Crippen LogP contribution in [0.1, 0.15) is 25.0 Å². The molecule has 0 aliphatic heterocycles. The van der Waals surface area contributed by atoms with Crippen LogP contribution < -0.4 is 24.3 Å². The van der Waals surface area contributed by atoms with Crippen molar-refractivity contribution in [3.05, 3.63) is 47.5 Å². The van der Waals surface area contributed by atoms with Gasteiger partial charge in [-0.05, 0) is 31.2 Å². The first kappa shape index (κ1) is 26.0. The highest BCUT2D eigenvalue weighted by atomic mass is 16.6. The number of aliphatic carboxylic acids is 1. The molecule has 2 N–H and O–H groups in total. The summed E-state index contributed by atoms with van der Waals surface area (Å²) in [7, 11) is 5.82. The lowest BCUT2D eigenvalue weighted by Crippen LogP contribution is -2.37. The van der Waals surface area contributed by atoms with Crippen LogP contribution in [-0.2, 0) is 24.7 Å². The second kappa shape index (κ2) is 11.1. The molecular formula is C24H27NO9. The fourth-order valence-electron chi connectivity index (χ4n) is 3.20. The van der Waals surface area contributed by atoms with Crippen LogP contribution in [0.25, 0.3) is 6.08 Å². The topological polar surface area (TPSA) is 130 Å². The van der Waals surface area contributed by atoms with Gasteiger partial charge in [-0.3, -0.25) is 9.59 Å². The minimum Gasteiger partial charge on any atom is -0.496 e. The van der Waals surface area contributed by atoms with Crippen molar-refractivity contribution in [1.29, 1.82) is 0 Å². The lowest BCUT2D eigenvalue weighted by Gasteiger charge is -2.27. The number of methoxy groups -OCH3 is 4. The normalized spacial score (nSPS) is 12.4. The Morgan fingerprint density at radius 2 is 1.50 bits per heavy atom. The van der Waals surface area contributed by atoms with Gasteiger partial charge in [0.05, 0.1) is 39.6 Å². The van der Waals surface area contributed by atoms with Crippen LogP contribution in [0.5, 0.6) is 23.0 Å². The average molecular weight is 473 g/mol. The molecule has 0 saturated carbocycles. The molecule has 182 valence electrons. The van der Waals surface area contributed by atoms with E-state index in [2.05, 4.69) is 5.32 Å². The molecule has 34 heavy (non-hydrogen) atoms. The van der Waals surface area contributed by atoms with Crippen molar-refractivity contribution in [1.82, 2.24) is 0 Å². The highest BCUT2D eigenvalue weighted by Crippen LogP contribution is 2.37. The van der Waals surface area contributed by atoms with Crippen molar-refractivity contribution in [3.63, 3.8) is 0 Å². The van der Waals surface area contributed by atoms with Gasteiger partial charge in [-0.25, -0.2) is 4.79 Å². The van der Waals surface area contributed by atoms with Gasteiger partial charge in [0.25, 0.3) is 0 Å². The van der Waals surface area contributed by atoms with E-state index in [0.717, 1.165) is 6.92 Å². The molecule has 0 spiro atoms. The number of carboxylic acids is 1. The van der Waals surface area contributed by atoms with Gasteiger partial charge < -0.3 is 34.1 Å². The fourth-order valence-corrected chi connectivity index (χ4v) is 3.20. The number of anilines is 1. The number of amides is 1. The predicted octanol–water partition coefficient (Wildman–Crippen LogP) is 3.24. The third kappa shape index (κ3) is 5.77. The van der Waals surface area contributed by atoms with E-state index in [1.165, 1.54) is 65.7 Å². The molecule has 1 unspecified atom stereocenters. The Bertz CT molecular complexity index is 1080. The second-order valence-electron chi connectivity index (χ2n) is 7.12. The molecular weight excluding hydrogens is 446 g/mol. The van der Waals surface area contributed by atoms with E-state index in [1.54, 1.807) is 12.1 Å². The molecule has 0 aliphatic carbocycles. The Hall–Kier alpha value is -4.21.